The van der Waals surface area contributed by atoms with Gasteiger partial charge >= 0.3 is 0 Å². The van der Waals surface area contributed by atoms with E-state index in [1.54, 1.807) is 0 Å². The van der Waals surface area contributed by atoms with Crippen LogP contribution in [0, 0.1) is 5.41 Å². The van der Waals surface area contributed by atoms with Crippen molar-refractivity contribution in [3.05, 3.63) is 0 Å². The lowest BCUT2D eigenvalue weighted by Gasteiger charge is -2.27. The summed E-state index contributed by atoms with van der Waals surface area (Å²) in [6.07, 6.45) is 2.60. The van der Waals surface area contributed by atoms with Crippen molar-refractivity contribution < 1.29 is 13.2 Å². The molecule has 0 spiro atoms. The van der Waals surface area contributed by atoms with E-state index in [4.69, 9.17) is 0 Å². The first-order valence-corrected chi connectivity index (χ1v) is 7.00. The molecule has 0 aromatic carbocycles. The Morgan fingerprint density at radius 1 is 1.33 bits per heavy atom. The Morgan fingerprint density at radius 3 is 2.27 bits per heavy atom. The Balaban J connectivity index is 2.92. The van der Waals surface area contributed by atoms with Crippen molar-refractivity contribution in [2.75, 3.05) is 12.8 Å². The van der Waals surface area contributed by atoms with Crippen molar-refractivity contribution >= 4 is 15.8 Å². The molecule has 88 valence electrons. The fourth-order valence-electron chi connectivity index (χ4n) is 1.90. The maximum atomic E-state index is 12.0. The minimum Gasteiger partial charge on any atom is -0.297 e. The van der Waals surface area contributed by atoms with Gasteiger partial charge in [-0.25, -0.2) is 8.42 Å². The predicted octanol–water partition coefficient (Wildman–Crippen LogP) is 1.03. The molecule has 1 aliphatic rings. The highest BCUT2D eigenvalue weighted by molar-refractivity contribution is 7.88. The van der Waals surface area contributed by atoms with Gasteiger partial charge in [-0.2, -0.15) is 4.31 Å². The maximum absolute atomic E-state index is 12.0. The average molecular weight is 233 g/mol. The fraction of sp³-hybridized carbons (Fsp3) is 0.900. The summed E-state index contributed by atoms with van der Waals surface area (Å²) in [4.78, 5) is 12.0. The summed E-state index contributed by atoms with van der Waals surface area (Å²) in [7, 11) is -3.24. The SMILES string of the molecule is CC(C)(C)C(=O)C1CCCN1S(C)(=O)=O. The van der Waals surface area contributed by atoms with Gasteiger partial charge in [0, 0.05) is 12.0 Å². The summed E-state index contributed by atoms with van der Waals surface area (Å²) < 4.78 is 24.2. The second-order valence-corrected chi connectivity index (χ2v) is 7.08. The minimum atomic E-state index is -3.24. The number of Topliss-reactive ketones (excluding diaryl/α,β-unsaturated/α-hetero) is 1. The van der Waals surface area contributed by atoms with Crippen LogP contribution in [-0.2, 0) is 14.8 Å². The van der Waals surface area contributed by atoms with Crippen LogP contribution < -0.4 is 0 Å². The molecule has 1 atom stereocenters. The van der Waals surface area contributed by atoms with E-state index in [0.29, 0.717) is 13.0 Å². The molecule has 1 saturated heterocycles. The van der Waals surface area contributed by atoms with Crippen LogP contribution in [0.1, 0.15) is 33.6 Å². The Labute approximate surface area is 91.7 Å². The van der Waals surface area contributed by atoms with E-state index in [1.807, 2.05) is 20.8 Å². The van der Waals surface area contributed by atoms with Crippen LogP contribution >= 0.6 is 0 Å². The highest BCUT2D eigenvalue weighted by atomic mass is 32.2. The third-order valence-corrected chi connectivity index (χ3v) is 3.96. The monoisotopic (exact) mass is 233 g/mol. The Morgan fingerprint density at radius 2 is 1.87 bits per heavy atom. The number of rotatable bonds is 2. The molecule has 1 rings (SSSR count). The van der Waals surface area contributed by atoms with Gasteiger partial charge in [-0.3, -0.25) is 4.79 Å². The third kappa shape index (κ3) is 2.78. The molecular weight excluding hydrogens is 214 g/mol. The van der Waals surface area contributed by atoms with Gasteiger partial charge in [0.25, 0.3) is 0 Å². The van der Waals surface area contributed by atoms with Crippen LogP contribution in [0.25, 0.3) is 0 Å². The first-order chi connectivity index (χ1) is 6.64. The van der Waals surface area contributed by atoms with E-state index >= 15 is 0 Å². The topological polar surface area (TPSA) is 54.5 Å². The van der Waals surface area contributed by atoms with Crippen LogP contribution in [0.3, 0.4) is 0 Å². The molecule has 0 aliphatic carbocycles. The summed E-state index contributed by atoms with van der Waals surface area (Å²) in [5.74, 6) is 0.0189. The van der Waals surface area contributed by atoms with E-state index in [1.165, 1.54) is 10.6 Å². The zero-order valence-electron chi connectivity index (χ0n) is 9.78. The van der Waals surface area contributed by atoms with Gasteiger partial charge in [0.05, 0.1) is 12.3 Å². The maximum Gasteiger partial charge on any atom is 0.211 e. The zero-order valence-corrected chi connectivity index (χ0v) is 10.6. The van der Waals surface area contributed by atoms with Gasteiger partial charge < -0.3 is 0 Å². The van der Waals surface area contributed by atoms with Crippen LogP contribution in [0.4, 0.5) is 0 Å². The van der Waals surface area contributed by atoms with Crippen LogP contribution in [0.15, 0.2) is 0 Å². The summed E-state index contributed by atoms with van der Waals surface area (Å²) in [5, 5.41) is 0. The molecule has 0 bridgehead atoms. The van der Waals surface area contributed by atoms with Gasteiger partial charge in [0.1, 0.15) is 0 Å². The summed E-state index contributed by atoms with van der Waals surface area (Å²) >= 11 is 0. The zero-order chi connectivity index (χ0) is 11.9. The Bertz CT molecular complexity index is 353. The van der Waals surface area contributed by atoms with Gasteiger partial charge in [0.2, 0.25) is 10.0 Å². The molecule has 0 amide bonds. The van der Waals surface area contributed by atoms with Crippen molar-refractivity contribution in [1.82, 2.24) is 4.31 Å². The number of nitrogens with zero attached hydrogens (tertiary/aromatic N) is 1. The molecule has 0 aromatic rings. The van der Waals surface area contributed by atoms with Crippen molar-refractivity contribution in [2.45, 2.75) is 39.7 Å². The number of hydrogen-bond donors (Lipinski definition) is 0. The van der Waals surface area contributed by atoms with Crippen LogP contribution in [0.5, 0.6) is 0 Å². The lowest BCUT2D eigenvalue weighted by atomic mass is 9.86. The Hall–Kier alpha value is -0.420. The van der Waals surface area contributed by atoms with Gasteiger partial charge in [-0.05, 0) is 12.8 Å². The number of ketones is 1. The van der Waals surface area contributed by atoms with E-state index < -0.39 is 21.5 Å². The molecule has 15 heavy (non-hydrogen) atoms. The van der Waals surface area contributed by atoms with E-state index in [-0.39, 0.29) is 5.78 Å². The van der Waals surface area contributed by atoms with E-state index in [9.17, 15) is 13.2 Å². The molecule has 0 saturated carbocycles. The molecule has 4 nitrogen and oxygen atoms in total. The highest BCUT2D eigenvalue weighted by Gasteiger charge is 2.40. The summed E-state index contributed by atoms with van der Waals surface area (Å²) in [6, 6.07) is -0.444. The molecule has 0 radical (unpaired) electrons. The lowest BCUT2D eigenvalue weighted by molar-refractivity contribution is -0.129. The number of hydrogen-bond acceptors (Lipinski definition) is 3. The second-order valence-electron chi connectivity index (χ2n) is 5.15. The van der Waals surface area contributed by atoms with Gasteiger partial charge in [0.15, 0.2) is 5.78 Å². The Kier molecular flexibility index (Phi) is 3.26. The second kappa shape index (κ2) is 3.87. The predicted molar refractivity (Wildman–Crippen MR) is 59.0 cm³/mol. The molecule has 1 fully saturated rings. The first kappa shape index (κ1) is 12.6. The number of carbonyl (C=O) groups excluding carboxylic acids is 1. The van der Waals surface area contributed by atoms with E-state index in [0.717, 1.165) is 6.42 Å². The average Bonchev–Trinajstić information content (AvgIpc) is 2.47. The quantitative estimate of drug-likeness (QED) is 0.715. The standard InChI is InChI=1S/C10H19NO3S/c1-10(2,3)9(12)8-6-5-7-11(8)15(4,13)14/h8H,5-7H2,1-4H3. The largest absolute Gasteiger partial charge is 0.297 e. The lowest BCUT2D eigenvalue weighted by Crippen LogP contribution is -2.44. The minimum absolute atomic E-state index is 0.0189. The van der Waals surface area contributed by atoms with Crippen LogP contribution in [0.2, 0.25) is 0 Å². The fourth-order valence-corrected chi connectivity index (χ4v) is 3.02. The first-order valence-electron chi connectivity index (χ1n) is 5.15. The number of sulfonamides is 1. The van der Waals surface area contributed by atoms with Gasteiger partial charge in [-0.15, -0.1) is 0 Å². The van der Waals surface area contributed by atoms with Crippen molar-refractivity contribution in [1.29, 1.82) is 0 Å². The highest BCUT2D eigenvalue weighted by Crippen LogP contribution is 2.28. The molecule has 0 N–H and O–H groups in total. The number of carbonyl (C=O) groups is 1. The van der Waals surface area contributed by atoms with E-state index in [2.05, 4.69) is 0 Å². The molecule has 1 heterocycles. The third-order valence-electron chi connectivity index (χ3n) is 2.67. The molecular formula is C10H19NO3S. The molecule has 1 unspecified atom stereocenters. The van der Waals surface area contributed by atoms with Crippen LogP contribution in [-0.4, -0.2) is 37.3 Å². The van der Waals surface area contributed by atoms with Gasteiger partial charge in [-0.1, -0.05) is 20.8 Å². The van der Waals surface area contributed by atoms with Crippen molar-refractivity contribution in [3.63, 3.8) is 0 Å². The summed E-state index contributed by atoms with van der Waals surface area (Å²) in [6.45, 7) is 5.96. The van der Waals surface area contributed by atoms with Crippen molar-refractivity contribution in [2.24, 2.45) is 5.41 Å². The molecule has 0 aromatic heterocycles. The van der Waals surface area contributed by atoms with Crippen molar-refractivity contribution in [3.8, 4) is 0 Å². The molecule has 5 heteroatoms. The smallest absolute Gasteiger partial charge is 0.211 e. The molecule has 1 aliphatic heterocycles. The normalized spacial score (nSPS) is 24.4. The summed E-state index contributed by atoms with van der Waals surface area (Å²) in [5.41, 5.74) is -0.474.